The predicted molar refractivity (Wildman–Crippen MR) is 90.6 cm³/mol. The molecule has 1 aromatic rings. The quantitative estimate of drug-likeness (QED) is 0.684. The van der Waals surface area contributed by atoms with Gasteiger partial charge in [0.25, 0.3) is 0 Å². The minimum absolute atomic E-state index is 0.744. The van der Waals surface area contributed by atoms with Crippen LogP contribution in [0.5, 0.6) is 0 Å². The third kappa shape index (κ3) is 4.82. The molecule has 0 amide bonds. The van der Waals surface area contributed by atoms with E-state index in [0.29, 0.717) is 0 Å². The molecule has 2 heteroatoms. The normalized spacial score (nSPS) is 19.0. The van der Waals surface area contributed by atoms with Gasteiger partial charge in [-0.1, -0.05) is 44.9 Å². The molecule has 0 fully saturated rings. The molecule has 1 heterocycles. The first-order valence-electron chi connectivity index (χ1n) is 8.31. The molecule has 0 radical (unpaired) electrons. The second kappa shape index (κ2) is 8.74. The monoisotopic (exact) mass is 291 g/mol. The Kier molecular flexibility index (Phi) is 6.95. The van der Waals surface area contributed by atoms with Crippen LogP contribution in [0.15, 0.2) is 29.2 Å². The molecular weight excluding hydrogens is 262 g/mol. The molecule has 0 aromatic heterocycles. The summed E-state index contributed by atoms with van der Waals surface area (Å²) in [5.74, 6) is 0. The first-order chi connectivity index (χ1) is 9.83. The maximum atomic E-state index is 3.71. The number of benzene rings is 1. The lowest BCUT2D eigenvalue weighted by molar-refractivity contribution is 0.431. The lowest BCUT2D eigenvalue weighted by Crippen LogP contribution is -2.29. The second-order valence-corrected chi connectivity index (χ2v) is 7.26. The Morgan fingerprint density at radius 2 is 2.05 bits per heavy atom. The molecule has 2 unspecified atom stereocenters. The third-order valence-electron chi connectivity index (χ3n) is 4.11. The van der Waals surface area contributed by atoms with E-state index in [1.54, 1.807) is 5.56 Å². The van der Waals surface area contributed by atoms with Crippen LogP contribution in [0, 0.1) is 0 Å². The molecule has 1 N–H and O–H groups in total. The van der Waals surface area contributed by atoms with Crippen molar-refractivity contribution in [3.05, 3.63) is 29.8 Å². The van der Waals surface area contributed by atoms with Crippen molar-refractivity contribution in [1.29, 1.82) is 0 Å². The van der Waals surface area contributed by atoms with Gasteiger partial charge < -0.3 is 5.32 Å². The number of hydrogen-bond donors (Lipinski definition) is 1. The Hall–Kier alpha value is -0.470. The highest BCUT2D eigenvalue weighted by atomic mass is 32.2. The van der Waals surface area contributed by atoms with Crippen LogP contribution in [0.2, 0.25) is 0 Å². The average molecular weight is 292 g/mol. The van der Waals surface area contributed by atoms with Crippen molar-refractivity contribution in [3.63, 3.8) is 0 Å². The molecule has 112 valence electrons. The van der Waals surface area contributed by atoms with Gasteiger partial charge in [-0.25, -0.2) is 0 Å². The van der Waals surface area contributed by atoms with Gasteiger partial charge in [0, 0.05) is 16.2 Å². The fourth-order valence-corrected chi connectivity index (χ4v) is 4.42. The molecule has 1 aliphatic heterocycles. The SMILES string of the molecule is CCCNC(CCC)CCCC1Cc2ccccc2S1. The zero-order chi connectivity index (χ0) is 14.2. The van der Waals surface area contributed by atoms with Crippen molar-refractivity contribution >= 4 is 11.8 Å². The Balaban J connectivity index is 1.68. The summed E-state index contributed by atoms with van der Waals surface area (Å²) in [4.78, 5) is 1.52. The molecule has 0 bridgehead atoms. The summed E-state index contributed by atoms with van der Waals surface area (Å²) in [6.07, 6.45) is 9.24. The highest BCUT2D eigenvalue weighted by molar-refractivity contribution is 8.00. The van der Waals surface area contributed by atoms with Gasteiger partial charge >= 0.3 is 0 Å². The maximum Gasteiger partial charge on any atom is 0.0135 e. The van der Waals surface area contributed by atoms with Gasteiger partial charge in [0.05, 0.1) is 0 Å². The average Bonchev–Trinajstić information content (AvgIpc) is 2.87. The molecule has 2 rings (SSSR count). The van der Waals surface area contributed by atoms with Crippen LogP contribution in [0.25, 0.3) is 0 Å². The number of thioether (sulfide) groups is 1. The van der Waals surface area contributed by atoms with E-state index < -0.39 is 0 Å². The van der Waals surface area contributed by atoms with Crippen LogP contribution in [-0.2, 0) is 6.42 Å². The Morgan fingerprint density at radius 1 is 1.20 bits per heavy atom. The fourth-order valence-electron chi connectivity index (χ4n) is 3.05. The summed E-state index contributed by atoms with van der Waals surface area (Å²) in [6.45, 7) is 5.72. The van der Waals surface area contributed by atoms with E-state index in [1.165, 1.54) is 56.4 Å². The molecule has 0 aliphatic carbocycles. The molecule has 0 saturated heterocycles. The van der Waals surface area contributed by atoms with Crippen molar-refractivity contribution in [1.82, 2.24) is 5.32 Å². The number of fused-ring (bicyclic) bond motifs is 1. The summed E-state index contributed by atoms with van der Waals surface area (Å²) in [5.41, 5.74) is 1.57. The van der Waals surface area contributed by atoms with Crippen LogP contribution < -0.4 is 5.32 Å². The summed E-state index contributed by atoms with van der Waals surface area (Å²) >= 11 is 2.10. The lowest BCUT2D eigenvalue weighted by Gasteiger charge is -2.18. The maximum absolute atomic E-state index is 3.71. The molecular formula is C18H29NS. The Bertz CT molecular complexity index is 366. The van der Waals surface area contributed by atoms with Gasteiger partial charge in [0.15, 0.2) is 0 Å². The van der Waals surface area contributed by atoms with E-state index in [0.717, 1.165) is 11.3 Å². The minimum atomic E-state index is 0.744. The zero-order valence-corrected chi connectivity index (χ0v) is 13.8. The Morgan fingerprint density at radius 3 is 2.80 bits per heavy atom. The highest BCUT2D eigenvalue weighted by Crippen LogP contribution is 2.38. The molecule has 1 aromatic carbocycles. The third-order valence-corrected chi connectivity index (χ3v) is 5.50. The van der Waals surface area contributed by atoms with E-state index in [1.807, 2.05) is 0 Å². The summed E-state index contributed by atoms with van der Waals surface area (Å²) in [5, 5.41) is 4.53. The first kappa shape index (κ1) is 15.9. The topological polar surface area (TPSA) is 12.0 Å². The van der Waals surface area contributed by atoms with Crippen LogP contribution in [0.4, 0.5) is 0 Å². The summed E-state index contributed by atoms with van der Waals surface area (Å²) < 4.78 is 0. The predicted octanol–water partition coefficient (Wildman–Crippen LogP) is 5.04. The number of nitrogens with one attached hydrogen (secondary N) is 1. The van der Waals surface area contributed by atoms with E-state index >= 15 is 0 Å². The second-order valence-electron chi connectivity index (χ2n) is 5.92. The van der Waals surface area contributed by atoms with Gasteiger partial charge in [0.1, 0.15) is 0 Å². The van der Waals surface area contributed by atoms with Gasteiger partial charge in [-0.15, -0.1) is 11.8 Å². The largest absolute Gasteiger partial charge is 0.314 e. The van der Waals surface area contributed by atoms with Crippen molar-refractivity contribution in [2.24, 2.45) is 0 Å². The van der Waals surface area contributed by atoms with Gasteiger partial charge in [-0.2, -0.15) is 0 Å². The highest BCUT2D eigenvalue weighted by Gasteiger charge is 2.21. The van der Waals surface area contributed by atoms with Crippen LogP contribution in [0.1, 0.15) is 57.9 Å². The van der Waals surface area contributed by atoms with Crippen molar-refractivity contribution in [2.45, 2.75) is 75.0 Å². The van der Waals surface area contributed by atoms with Gasteiger partial charge in [0.2, 0.25) is 0 Å². The van der Waals surface area contributed by atoms with Gasteiger partial charge in [-0.3, -0.25) is 0 Å². The van der Waals surface area contributed by atoms with Crippen LogP contribution in [0.3, 0.4) is 0 Å². The standard InChI is InChI=1S/C18H29NS/c1-3-8-16(19-13-4-2)10-7-11-17-14-15-9-5-6-12-18(15)20-17/h5-6,9,12,16-17,19H,3-4,7-8,10-11,13-14H2,1-2H3. The number of hydrogen-bond acceptors (Lipinski definition) is 2. The molecule has 0 saturated carbocycles. The Labute approximate surface area is 128 Å². The van der Waals surface area contributed by atoms with E-state index in [-0.39, 0.29) is 0 Å². The molecule has 1 aliphatic rings. The first-order valence-corrected chi connectivity index (χ1v) is 9.19. The lowest BCUT2D eigenvalue weighted by atomic mass is 10.0. The molecule has 0 spiro atoms. The summed E-state index contributed by atoms with van der Waals surface area (Å²) in [6, 6.07) is 9.66. The van der Waals surface area contributed by atoms with E-state index in [2.05, 4.69) is 55.2 Å². The molecule has 2 atom stereocenters. The van der Waals surface area contributed by atoms with Crippen LogP contribution in [-0.4, -0.2) is 17.8 Å². The molecule has 1 nitrogen and oxygen atoms in total. The van der Waals surface area contributed by atoms with E-state index in [9.17, 15) is 0 Å². The number of rotatable bonds is 9. The molecule has 20 heavy (non-hydrogen) atoms. The fraction of sp³-hybridized carbons (Fsp3) is 0.667. The smallest absolute Gasteiger partial charge is 0.0135 e. The van der Waals surface area contributed by atoms with Gasteiger partial charge in [-0.05, 0) is 50.3 Å². The van der Waals surface area contributed by atoms with Crippen LogP contribution >= 0.6 is 11.8 Å². The van der Waals surface area contributed by atoms with Crippen molar-refractivity contribution < 1.29 is 0 Å². The summed E-state index contributed by atoms with van der Waals surface area (Å²) in [7, 11) is 0. The zero-order valence-electron chi connectivity index (χ0n) is 13.0. The van der Waals surface area contributed by atoms with Crippen molar-refractivity contribution in [3.8, 4) is 0 Å². The van der Waals surface area contributed by atoms with Crippen molar-refractivity contribution in [2.75, 3.05) is 6.54 Å². The minimum Gasteiger partial charge on any atom is -0.314 e. The van der Waals surface area contributed by atoms with E-state index in [4.69, 9.17) is 0 Å².